The quantitative estimate of drug-likeness (QED) is 0.783. The van der Waals surface area contributed by atoms with Crippen LogP contribution in [-0.2, 0) is 22.4 Å². The first-order chi connectivity index (χ1) is 13.5. The second-order valence-corrected chi connectivity index (χ2v) is 8.28. The molecule has 146 valence electrons. The molecule has 1 atom stereocenters. The van der Waals surface area contributed by atoms with Crippen molar-refractivity contribution in [3.05, 3.63) is 64.7 Å². The molecule has 1 unspecified atom stereocenters. The van der Waals surface area contributed by atoms with E-state index in [-0.39, 0.29) is 23.8 Å². The Morgan fingerprint density at radius 2 is 1.71 bits per heavy atom. The molecule has 2 aliphatic rings. The van der Waals surface area contributed by atoms with Gasteiger partial charge >= 0.3 is 0 Å². The molecule has 0 spiro atoms. The van der Waals surface area contributed by atoms with Gasteiger partial charge in [0.2, 0.25) is 11.8 Å². The lowest BCUT2D eigenvalue weighted by Crippen LogP contribution is -2.46. The zero-order valence-electron chi connectivity index (χ0n) is 16.1. The summed E-state index contributed by atoms with van der Waals surface area (Å²) in [6.07, 6.45) is 2.76. The van der Waals surface area contributed by atoms with Crippen molar-refractivity contribution < 1.29 is 9.59 Å². The summed E-state index contributed by atoms with van der Waals surface area (Å²) >= 11 is 5.91. The van der Waals surface area contributed by atoms with E-state index in [1.165, 1.54) is 5.56 Å². The summed E-state index contributed by atoms with van der Waals surface area (Å²) in [7, 11) is 0. The average Bonchev–Trinajstić information content (AvgIpc) is 3.05. The van der Waals surface area contributed by atoms with Gasteiger partial charge in [0.15, 0.2) is 0 Å². The maximum absolute atomic E-state index is 13.2. The van der Waals surface area contributed by atoms with E-state index in [2.05, 4.69) is 13.0 Å². The third kappa shape index (κ3) is 3.79. The molecule has 1 fully saturated rings. The molecule has 0 aromatic heterocycles. The molecule has 2 aromatic carbocycles. The van der Waals surface area contributed by atoms with E-state index >= 15 is 0 Å². The highest BCUT2D eigenvalue weighted by molar-refractivity contribution is 6.30. The third-order valence-electron chi connectivity index (χ3n) is 5.91. The molecule has 2 aromatic rings. The number of carbonyl (C=O) groups excluding carboxylic acids is 2. The molecule has 2 heterocycles. The lowest BCUT2D eigenvalue weighted by atomic mass is 9.94. The summed E-state index contributed by atoms with van der Waals surface area (Å²) in [5.74, 6) is 0.323. The fourth-order valence-corrected chi connectivity index (χ4v) is 4.49. The maximum atomic E-state index is 13.2. The van der Waals surface area contributed by atoms with Gasteiger partial charge in [0.05, 0.1) is 6.42 Å². The monoisotopic (exact) mass is 396 g/mol. The van der Waals surface area contributed by atoms with Gasteiger partial charge in [-0.25, -0.2) is 0 Å². The molecule has 0 radical (unpaired) electrons. The summed E-state index contributed by atoms with van der Waals surface area (Å²) in [6.45, 7) is 3.40. The Balaban J connectivity index is 1.35. The second kappa shape index (κ2) is 7.96. The van der Waals surface area contributed by atoms with Crippen molar-refractivity contribution in [3.8, 4) is 0 Å². The van der Waals surface area contributed by atoms with Crippen LogP contribution in [0.1, 0.15) is 30.9 Å². The lowest BCUT2D eigenvalue weighted by Gasteiger charge is -2.34. The number of nitrogens with zero attached hydrogens (tertiary/aromatic N) is 2. The van der Waals surface area contributed by atoms with Crippen molar-refractivity contribution >= 4 is 29.1 Å². The average molecular weight is 397 g/mol. The number of amides is 2. The summed E-state index contributed by atoms with van der Waals surface area (Å²) in [6, 6.07) is 15.8. The van der Waals surface area contributed by atoms with Gasteiger partial charge in [0.25, 0.3) is 0 Å². The van der Waals surface area contributed by atoms with Crippen molar-refractivity contribution in [3.63, 3.8) is 0 Å². The number of para-hydroxylation sites is 1. The number of piperidine rings is 1. The summed E-state index contributed by atoms with van der Waals surface area (Å²) < 4.78 is 0. The maximum Gasteiger partial charge on any atom is 0.230 e. The molecule has 4 rings (SSSR count). The van der Waals surface area contributed by atoms with Crippen LogP contribution in [0.4, 0.5) is 5.69 Å². The van der Waals surface area contributed by atoms with Gasteiger partial charge in [0.1, 0.15) is 0 Å². The second-order valence-electron chi connectivity index (χ2n) is 7.85. The topological polar surface area (TPSA) is 40.6 Å². The molecule has 0 aliphatic carbocycles. The van der Waals surface area contributed by atoms with Gasteiger partial charge in [-0.1, -0.05) is 41.9 Å². The van der Waals surface area contributed by atoms with Crippen molar-refractivity contribution in [2.75, 3.05) is 18.0 Å². The Morgan fingerprint density at radius 3 is 2.43 bits per heavy atom. The van der Waals surface area contributed by atoms with Crippen molar-refractivity contribution in [2.45, 2.75) is 38.6 Å². The van der Waals surface area contributed by atoms with Crippen LogP contribution in [0.15, 0.2) is 48.5 Å². The van der Waals surface area contributed by atoms with Crippen molar-refractivity contribution in [1.82, 2.24) is 4.90 Å². The molecule has 0 bridgehead atoms. The van der Waals surface area contributed by atoms with E-state index in [0.29, 0.717) is 24.5 Å². The van der Waals surface area contributed by atoms with Crippen LogP contribution in [0, 0.1) is 5.92 Å². The Hall–Kier alpha value is -2.33. The highest BCUT2D eigenvalue weighted by Crippen LogP contribution is 2.34. The Labute approximate surface area is 171 Å². The van der Waals surface area contributed by atoms with E-state index in [0.717, 1.165) is 30.5 Å². The number of hydrogen-bond acceptors (Lipinski definition) is 2. The number of benzene rings is 2. The van der Waals surface area contributed by atoms with Gasteiger partial charge in [-0.05, 0) is 55.5 Å². The van der Waals surface area contributed by atoms with Gasteiger partial charge in [-0.15, -0.1) is 0 Å². The van der Waals surface area contributed by atoms with Crippen molar-refractivity contribution in [1.29, 1.82) is 0 Å². The van der Waals surface area contributed by atoms with E-state index in [1.54, 1.807) is 0 Å². The highest BCUT2D eigenvalue weighted by atomic mass is 35.5. The standard InChI is InChI=1S/C23H25ClN2O2/c1-16-14-19-4-2-3-5-21(19)26(16)23(28)18-10-12-25(13-11-18)22(27)15-17-6-8-20(24)9-7-17/h2-9,16,18H,10-15H2,1H3. The molecular formula is C23H25ClN2O2. The van der Waals surface area contributed by atoms with Crippen LogP contribution in [0.2, 0.25) is 5.02 Å². The fourth-order valence-electron chi connectivity index (χ4n) is 4.36. The molecule has 0 saturated carbocycles. The van der Waals surface area contributed by atoms with Gasteiger partial charge < -0.3 is 9.80 Å². The molecule has 1 saturated heterocycles. The van der Waals surface area contributed by atoms with Crippen LogP contribution in [-0.4, -0.2) is 35.8 Å². The van der Waals surface area contributed by atoms with E-state index < -0.39 is 0 Å². The lowest BCUT2D eigenvalue weighted by molar-refractivity contribution is -0.134. The molecule has 0 N–H and O–H groups in total. The summed E-state index contributed by atoms with van der Waals surface area (Å²) in [4.78, 5) is 29.6. The van der Waals surface area contributed by atoms with Gasteiger partial charge in [0, 0.05) is 35.8 Å². The molecule has 5 heteroatoms. The highest BCUT2D eigenvalue weighted by Gasteiger charge is 2.36. The number of fused-ring (bicyclic) bond motifs is 1. The van der Waals surface area contributed by atoms with Crippen LogP contribution < -0.4 is 4.90 Å². The smallest absolute Gasteiger partial charge is 0.230 e. The Morgan fingerprint density at radius 1 is 1.04 bits per heavy atom. The first kappa shape index (κ1) is 19.0. The number of halogens is 1. The molecule has 28 heavy (non-hydrogen) atoms. The Kier molecular flexibility index (Phi) is 5.40. The Bertz CT molecular complexity index is 872. The number of likely N-dealkylation sites (tertiary alicyclic amines) is 1. The minimum absolute atomic E-state index is 0.00631. The number of hydrogen-bond donors (Lipinski definition) is 0. The van der Waals surface area contributed by atoms with Crippen LogP contribution in [0.3, 0.4) is 0 Å². The number of carbonyl (C=O) groups is 2. The molecular weight excluding hydrogens is 372 g/mol. The summed E-state index contributed by atoms with van der Waals surface area (Å²) in [5, 5.41) is 0.674. The predicted molar refractivity (Wildman–Crippen MR) is 112 cm³/mol. The fraction of sp³-hybridized carbons (Fsp3) is 0.391. The number of anilines is 1. The van der Waals surface area contributed by atoms with E-state index in [4.69, 9.17) is 11.6 Å². The van der Waals surface area contributed by atoms with E-state index in [9.17, 15) is 9.59 Å². The predicted octanol–water partition coefficient (Wildman–Crippen LogP) is 4.10. The normalized spacial score (nSPS) is 19.6. The summed E-state index contributed by atoms with van der Waals surface area (Å²) in [5.41, 5.74) is 3.27. The zero-order chi connectivity index (χ0) is 19.7. The third-order valence-corrected chi connectivity index (χ3v) is 6.16. The SMILES string of the molecule is CC1Cc2ccccc2N1C(=O)C1CCN(C(=O)Cc2ccc(Cl)cc2)CC1. The van der Waals surface area contributed by atoms with Gasteiger partial charge in [-0.2, -0.15) is 0 Å². The van der Waals surface area contributed by atoms with Crippen LogP contribution >= 0.6 is 11.6 Å². The first-order valence-electron chi connectivity index (χ1n) is 9.96. The zero-order valence-corrected chi connectivity index (χ0v) is 16.9. The first-order valence-corrected chi connectivity index (χ1v) is 10.3. The largest absolute Gasteiger partial charge is 0.342 e. The van der Waals surface area contributed by atoms with Crippen LogP contribution in [0.5, 0.6) is 0 Å². The number of rotatable bonds is 3. The van der Waals surface area contributed by atoms with Crippen molar-refractivity contribution in [2.24, 2.45) is 5.92 Å². The molecule has 4 nitrogen and oxygen atoms in total. The van der Waals surface area contributed by atoms with Gasteiger partial charge in [-0.3, -0.25) is 9.59 Å². The molecule has 2 amide bonds. The minimum Gasteiger partial charge on any atom is -0.342 e. The minimum atomic E-state index is -0.00631. The van der Waals surface area contributed by atoms with E-state index in [1.807, 2.05) is 52.3 Å². The molecule has 2 aliphatic heterocycles. The van der Waals surface area contributed by atoms with Crippen LogP contribution in [0.25, 0.3) is 0 Å².